The normalized spacial score (nSPS) is 16.3. The van der Waals surface area contributed by atoms with Gasteiger partial charge in [-0.25, -0.2) is 5.87 Å². The number of likely N-dealkylation sites (tertiary alicyclic amines) is 1. The van der Waals surface area contributed by atoms with Crippen molar-refractivity contribution in [1.29, 1.82) is 10.5 Å². The van der Waals surface area contributed by atoms with Gasteiger partial charge in [0.25, 0.3) is 0 Å². The third-order valence-corrected chi connectivity index (χ3v) is 2.74. The van der Waals surface area contributed by atoms with Gasteiger partial charge in [0.2, 0.25) is 0 Å². The van der Waals surface area contributed by atoms with Crippen LogP contribution >= 0.6 is 0 Å². The molecule has 0 amide bonds. The number of hydrogen-bond acceptors (Lipinski definition) is 2. The fraction of sp³-hybridized carbons (Fsp3) is 0.636. The van der Waals surface area contributed by atoms with Crippen LogP contribution in [-0.2, 0) is 0 Å². The Hall–Kier alpha value is -1.61. The molecule has 0 atom stereocenters. The van der Waals surface area contributed by atoms with Gasteiger partial charge in [-0.15, -0.1) is 0 Å². The minimum Gasteiger partial charge on any atom is -0.762 e. The molecule has 4 nitrogen and oxygen atoms in total. The molecular weight excluding hydrogens is 188 g/mol. The highest BCUT2D eigenvalue weighted by molar-refractivity contribution is 5.71. The van der Waals surface area contributed by atoms with Crippen molar-refractivity contribution in [2.24, 2.45) is 0 Å². The zero-order valence-electron chi connectivity index (χ0n) is 9.32. The van der Waals surface area contributed by atoms with Crippen LogP contribution in [-0.4, -0.2) is 37.0 Å². The lowest BCUT2D eigenvalue weighted by Crippen LogP contribution is -2.40. The molecule has 0 radical (unpaired) electrons. The highest BCUT2D eigenvalue weighted by atomic mass is 15.3. The molecule has 0 aromatic heterocycles. The van der Waals surface area contributed by atoms with Crippen molar-refractivity contribution in [3.05, 3.63) is 11.0 Å². The van der Waals surface area contributed by atoms with E-state index in [4.69, 9.17) is 15.9 Å². The van der Waals surface area contributed by atoms with Crippen molar-refractivity contribution in [3.63, 3.8) is 0 Å². The minimum absolute atomic E-state index is 0.403. The first-order valence-corrected chi connectivity index (χ1v) is 5.02. The molecule has 0 aliphatic carbocycles. The lowest BCUT2D eigenvalue weighted by Gasteiger charge is -2.26. The second-order valence-electron chi connectivity index (χ2n) is 3.80. The molecule has 1 heterocycles. The van der Waals surface area contributed by atoms with Crippen molar-refractivity contribution in [3.8, 4) is 12.1 Å². The van der Waals surface area contributed by atoms with E-state index in [0.717, 1.165) is 0 Å². The molecule has 0 spiro atoms. The second kappa shape index (κ2) is 6.79. The van der Waals surface area contributed by atoms with Gasteiger partial charge in [0.15, 0.2) is 0 Å². The number of allylic oxidation sites excluding steroid dienone is 1. The summed E-state index contributed by atoms with van der Waals surface area (Å²) in [4.78, 5) is 0. The van der Waals surface area contributed by atoms with Gasteiger partial charge in [0, 0.05) is 12.8 Å². The molecule has 1 rings (SSSR count). The lowest BCUT2D eigenvalue weighted by atomic mass is 10.4. The van der Waals surface area contributed by atoms with Crippen LogP contribution in [0.25, 0.3) is 5.41 Å². The quantitative estimate of drug-likeness (QED) is 0.368. The van der Waals surface area contributed by atoms with Gasteiger partial charge in [0.05, 0.1) is 26.7 Å². The third kappa shape index (κ3) is 4.98. The van der Waals surface area contributed by atoms with Crippen LogP contribution < -0.4 is 0 Å². The van der Waals surface area contributed by atoms with Crippen LogP contribution in [0.3, 0.4) is 0 Å². The van der Waals surface area contributed by atoms with Gasteiger partial charge >= 0.3 is 0 Å². The summed E-state index contributed by atoms with van der Waals surface area (Å²) in [6, 6.07) is 2.79. The summed E-state index contributed by atoms with van der Waals surface area (Å²) in [5, 5.41) is 23.4. The van der Waals surface area contributed by atoms with E-state index in [-0.39, 0.29) is 0 Å². The zero-order chi connectivity index (χ0) is 11.7. The number of rotatable bonds is 1. The summed E-state index contributed by atoms with van der Waals surface area (Å²) >= 11 is 0. The Labute approximate surface area is 91.1 Å². The van der Waals surface area contributed by atoms with Crippen LogP contribution in [0, 0.1) is 22.7 Å². The maximum atomic E-state index is 7.79. The maximum absolute atomic E-state index is 7.79. The predicted octanol–water partition coefficient (Wildman–Crippen LogP) is 1.45. The second-order valence-corrected chi connectivity index (χ2v) is 3.80. The summed E-state index contributed by atoms with van der Waals surface area (Å²) in [6.45, 7) is 6.43. The average Bonchev–Trinajstić information content (AvgIpc) is 2.70. The summed E-state index contributed by atoms with van der Waals surface area (Å²) in [7, 11) is 2.35. The first-order valence-electron chi connectivity index (χ1n) is 5.02. The molecule has 0 unspecified atom stereocenters. The van der Waals surface area contributed by atoms with Crippen molar-refractivity contribution in [2.75, 3.05) is 26.7 Å². The van der Waals surface area contributed by atoms with E-state index in [0.29, 0.717) is 0 Å². The monoisotopic (exact) mass is 204 g/mol. The Bertz CT molecular complexity index is 303. The van der Waals surface area contributed by atoms with Gasteiger partial charge in [-0.05, 0) is 6.92 Å². The Kier molecular flexibility index (Phi) is 6.06. The SMILES string of the molecule is CC[N+]1(C)CCCC1.N#CC(=C=[N-])C#N. The van der Waals surface area contributed by atoms with Crippen molar-refractivity contribution >= 4 is 5.87 Å². The molecule has 80 valence electrons. The predicted molar refractivity (Wildman–Crippen MR) is 58.8 cm³/mol. The van der Waals surface area contributed by atoms with Crippen molar-refractivity contribution < 1.29 is 4.48 Å². The first-order chi connectivity index (χ1) is 7.11. The molecule has 0 aromatic carbocycles. The van der Waals surface area contributed by atoms with E-state index in [9.17, 15) is 0 Å². The fourth-order valence-electron chi connectivity index (χ4n) is 1.49. The Morgan fingerprint density at radius 3 is 1.87 bits per heavy atom. The molecule has 15 heavy (non-hydrogen) atoms. The molecule has 1 saturated heterocycles. The molecule has 0 saturated carbocycles. The molecule has 1 aliphatic heterocycles. The molecule has 1 fully saturated rings. The molecule has 1 aliphatic rings. The van der Waals surface area contributed by atoms with Gasteiger partial charge < -0.3 is 9.89 Å². The molecule has 0 aromatic rings. The third-order valence-electron chi connectivity index (χ3n) is 2.74. The number of quaternary nitrogens is 1. The average molecular weight is 204 g/mol. The summed E-state index contributed by atoms with van der Waals surface area (Å²) < 4.78 is 1.32. The van der Waals surface area contributed by atoms with E-state index in [1.807, 2.05) is 0 Å². The van der Waals surface area contributed by atoms with E-state index in [1.54, 1.807) is 0 Å². The largest absolute Gasteiger partial charge is 0.762 e. The summed E-state index contributed by atoms with van der Waals surface area (Å²) in [5.74, 6) is 1.40. The number of hydrogen-bond donors (Lipinski definition) is 0. The van der Waals surface area contributed by atoms with E-state index in [2.05, 4.69) is 14.0 Å². The molecular formula is C11H16N4. The minimum atomic E-state index is -0.403. The van der Waals surface area contributed by atoms with Gasteiger partial charge in [-0.3, -0.25) is 0 Å². The topological polar surface area (TPSA) is 69.9 Å². The van der Waals surface area contributed by atoms with Gasteiger partial charge in [-0.2, -0.15) is 10.5 Å². The van der Waals surface area contributed by atoms with Crippen LogP contribution in [0.5, 0.6) is 0 Å². The van der Waals surface area contributed by atoms with Crippen LogP contribution in [0.1, 0.15) is 19.8 Å². The zero-order valence-corrected chi connectivity index (χ0v) is 9.32. The van der Waals surface area contributed by atoms with E-state index >= 15 is 0 Å². The molecule has 0 bridgehead atoms. The fourth-order valence-corrected chi connectivity index (χ4v) is 1.49. The first kappa shape index (κ1) is 13.4. The molecule has 0 N–H and O–H groups in total. The lowest BCUT2D eigenvalue weighted by molar-refractivity contribution is -0.895. The summed E-state index contributed by atoms with van der Waals surface area (Å²) in [5.41, 5.74) is -0.403. The Balaban J connectivity index is 0.000000265. The van der Waals surface area contributed by atoms with Gasteiger partial charge in [0.1, 0.15) is 17.7 Å². The smallest absolute Gasteiger partial charge is 0.148 e. The van der Waals surface area contributed by atoms with Crippen LogP contribution in [0.2, 0.25) is 0 Å². The molecule has 4 heteroatoms. The van der Waals surface area contributed by atoms with Gasteiger partial charge in [-0.1, -0.05) is 0 Å². The Morgan fingerprint density at radius 2 is 1.73 bits per heavy atom. The maximum Gasteiger partial charge on any atom is 0.148 e. The van der Waals surface area contributed by atoms with E-state index < -0.39 is 5.57 Å². The summed E-state index contributed by atoms with van der Waals surface area (Å²) in [6.07, 6.45) is 2.90. The van der Waals surface area contributed by atoms with Crippen LogP contribution in [0.4, 0.5) is 0 Å². The highest BCUT2D eigenvalue weighted by Crippen LogP contribution is 2.14. The van der Waals surface area contributed by atoms with E-state index in [1.165, 1.54) is 55.0 Å². The van der Waals surface area contributed by atoms with Crippen molar-refractivity contribution in [1.82, 2.24) is 0 Å². The highest BCUT2D eigenvalue weighted by Gasteiger charge is 2.23. The number of nitrogens with zero attached hydrogens (tertiary/aromatic N) is 4. The standard InChI is InChI=1S/C7H16N.C4N3/c1-3-8(2)6-4-5-7-8;5-1-4(2-6)3-7/h3-7H2,1-2H3;/q+1;-1. The number of nitriles is 2. The Morgan fingerprint density at radius 1 is 1.27 bits per heavy atom. The van der Waals surface area contributed by atoms with Crippen molar-refractivity contribution in [2.45, 2.75) is 19.8 Å². The van der Waals surface area contributed by atoms with Crippen LogP contribution in [0.15, 0.2) is 5.57 Å².